The number of esters is 2. The molecule has 0 aliphatic rings. The molecule has 0 rings (SSSR count). The summed E-state index contributed by atoms with van der Waals surface area (Å²) in [4.78, 5) is 37.8. The van der Waals surface area contributed by atoms with E-state index >= 15 is 0 Å². The lowest BCUT2D eigenvalue weighted by atomic mass is 10.1. The van der Waals surface area contributed by atoms with Crippen LogP contribution in [0.4, 0.5) is 0 Å². The lowest BCUT2D eigenvalue weighted by Gasteiger charge is -2.28. The summed E-state index contributed by atoms with van der Waals surface area (Å²) in [5.41, 5.74) is 0. The Morgan fingerprint density at radius 1 is 0.443 bits per heavy atom. The Morgan fingerprint density at radius 3 is 1.14 bits per heavy atom. The molecular weight excluding hydrogens is 894 g/mol. The van der Waals surface area contributed by atoms with Crippen LogP contribution in [0.25, 0.3) is 0 Å². The molecule has 0 aromatic carbocycles. The number of hydrogen-bond donors (Lipinski definition) is 0. The zero-order valence-electron chi connectivity index (χ0n) is 44.9. The molecule has 0 aliphatic heterocycles. The van der Waals surface area contributed by atoms with Crippen molar-refractivity contribution in [1.29, 1.82) is 0 Å². The fourth-order valence-corrected chi connectivity index (χ4v) is 7.55. The Hall–Kier alpha value is -3.59. The first-order chi connectivity index (χ1) is 34.0. The van der Waals surface area contributed by atoms with Crippen molar-refractivity contribution in [3.63, 3.8) is 0 Å². The van der Waals surface area contributed by atoms with E-state index in [1.807, 2.05) is 21.1 Å². The number of quaternary nitrogens is 1. The van der Waals surface area contributed by atoms with E-state index in [1.165, 1.54) is 32.1 Å². The molecule has 70 heavy (non-hydrogen) atoms. The number of hydrogen-bond acceptors (Lipinski definition) is 8. The number of carbonyl (C=O) groups excluding carboxylic acids is 2. The van der Waals surface area contributed by atoms with Crippen LogP contribution in [-0.4, -0.2) is 70.0 Å². The summed E-state index contributed by atoms with van der Waals surface area (Å²) in [5, 5.41) is 0. The summed E-state index contributed by atoms with van der Waals surface area (Å²) >= 11 is 0. The first kappa shape index (κ1) is 66.4. The number of carbonyl (C=O) groups is 2. The highest BCUT2D eigenvalue weighted by Gasteiger charge is 2.21. The zero-order valence-corrected chi connectivity index (χ0v) is 45.8. The van der Waals surface area contributed by atoms with E-state index in [0.29, 0.717) is 23.9 Å². The van der Waals surface area contributed by atoms with Gasteiger partial charge in [-0.15, -0.1) is 0 Å². The van der Waals surface area contributed by atoms with Crippen molar-refractivity contribution >= 4 is 19.8 Å². The normalized spacial score (nSPS) is 14.3. The Morgan fingerprint density at radius 2 is 0.771 bits per heavy atom. The van der Waals surface area contributed by atoms with Gasteiger partial charge in [0.15, 0.2) is 6.10 Å². The van der Waals surface area contributed by atoms with E-state index in [1.54, 1.807) is 0 Å². The Kier molecular flexibility index (Phi) is 47.8. The molecule has 0 saturated heterocycles. The molecule has 0 aromatic rings. The van der Waals surface area contributed by atoms with Crippen LogP contribution in [0.2, 0.25) is 0 Å². The number of likely N-dealkylation sites (N-methyl/N-ethyl adjacent to an activating group) is 1. The fraction of sp³-hybridized carbons (Fsp3) is 0.633. The van der Waals surface area contributed by atoms with Gasteiger partial charge in [-0.2, -0.15) is 0 Å². The number of phosphoric ester groups is 1. The second-order valence-electron chi connectivity index (χ2n) is 18.8. The molecule has 398 valence electrons. The summed E-state index contributed by atoms with van der Waals surface area (Å²) in [6.07, 6.45) is 70.9. The highest BCUT2D eigenvalue weighted by molar-refractivity contribution is 7.45. The number of rotatable bonds is 48. The molecule has 0 saturated carbocycles. The van der Waals surface area contributed by atoms with Gasteiger partial charge >= 0.3 is 11.9 Å². The van der Waals surface area contributed by atoms with Crippen molar-refractivity contribution in [3.8, 4) is 0 Å². The van der Waals surface area contributed by atoms with Crippen LogP contribution in [-0.2, 0) is 32.7 Å². The van der Waals surface area contributed by atoms with E-state index < -0.39 is 32.5 Å². The highest BCUT2D eigenvalue weighted by atomic mass is 31.2. The third-order valence-electron chi connectivity index (χ3n) is 11.0. The van der Waals surface area contributed by atoms with Crippen LogP contribution in [0, 0.1) is 0 Å². The average molecular weight is 994 g/mol. The van der Waals surface area contributed by atoms with Gasteiger partial charge in [-0.25, -0.2) is 0 Å². The summed E-state index contributed by atoms with van der Waals surface area (Å²) in [7, 11) is 1.13. The number of ether oxygens (including phenoxy) is 2. The number of phosphoric acid groups is 1. The number of unbranched alkanes of at least 4 members (excludes halogenated alkanes) is 14. The maximum absolute atomic E-state index is 12.8. The predicted molar refractivity (Wildman–Crippen MR) is 295 cm³/mol. The van der Waals surface area contributed by atoms with Crippen LogP contribution in [0.1, 0.15) is 194 Å². The summed E-state index contributed by atoms with van der Waals surface area (Å²) < 4.78 is 34.1. The topological polar surface area (TPSA) is 111 Å². The van der Waals surface area contributed by atoms with Gasteiger partial charge in [-0.3, -0.25) is 14.2 Å². The lowest BCUT2D eigenvalue weighted by molar-refractivity contribution is -0.870. The van der Waals surface area contributed by atoms with Crippen LogP contribution < -0.4 is 4.89 Å². The van der Waals surface area contributed by atoms with Gasteiger partial charge in [0.1, 0.15) is 19.8 Å². The van der Waals surface area contributed by atoms with Crippen molar-refractivity contribution < 1.29 is 42.1 Å². The molecule has 2 atom stereocenters. The maximum atomic E-state index is 12.8. The van der Waals surface area contributed by atoms with Gasteiger partial charge in [0.25, 0.3) is 7.82 Å². The molecule has 2 unspecified atom stereocenters. The molecule has 0 N–H and O–H groups in total. The van der Waals surface area contributed by atoms with Crippen molar-refractivity contribution in [2.24, 2.45) is 0 Å². The van der Waals surface area contributed by atoms with Crippen LogP contribution in [0.3, 0.4) is 0 Å². The Bertz CT molecular complexity index is 1590. The summed E-state index contributed by atoms with van der Waals surface area (Å²) in [6, 6.07) is 0. The molecule has 0 radical (unpaired) electrons. The minimum atomic E-state index is -4.65. The monoisotopic (exact) mass is 994 g/mol. The molecular formula is C60H100NO8P. The zero-order chi connectivity index (χ0) is 51.3. The van der Waals surface area contributed by atoms with E-state index in [9.17, 15) is 19.0 Å². The minimum absolute atomic E-state index is 0.0420. The molecule has 0 fully saturated rings. The maximum Gasteiger partial charge on any atom is 0.306 e. The van der Waals surface area contributed by atoms with Gasteiger partial charge in [0, 0.05) is 12.8 Å². The van der Waals surface area contributed by atoms with Crippen LogP contribution in [0.5, 0.6) is 0 Å². The predicted octanol–water partition coefficient (Wildman–Crippen LogP) is 16.2. The summed E-state index contributed by atoms with van der Waals surface area (Å²) in [5.74, 6) is -0.868. The molecule has 0 aromatic heterocycles. The second-order valence-corrected chi connectivity index (χ2v) is 20.2. The highest BCUT2D eigenvalue weighted by Crippen LogP contribution is 2.38. The SMILES string of the molecule is CC/C=C\C/C=C\C/C=C\C/C=C\C/C=C\C/C=C\C/C=C\CCCCCCCCCC(=O)OC(COC(=O)CCCCCCCCC/C=C\C/C=C\C/C=C\CC)COP(=O)([O-])OCC[N+](C)(C)C. The standard InChI is InChI=1S/C60H100NO8P/c1-6-8-10-12-14-16-18-20-22-24-25-26-27-28-29-30-31-32-33-34-35-37-39-41-43-45-47-49-51-53-60(63)69-58(57-68-70(64,65)67-55-54-61(3,4)5)56-66-59(62)52-50-48-46-44-42-40-38-36-23-21-19-17-15-13-11-9-7-2/h8-11,14-17,20-23,25-26,28-29,31-32,34-35,58H,6-7,12-13,18-19,24,27,30,33,36-57H2,1-5H3/b10-8-,11-9-,16-14-,17-15-,22-20-,23-21-,26-25-,29-28-,32-31-,35-34-. The molecule has 0 aliphatic carbocycles. The Balaban J connectivity index is 4.27. The quantitative estimate of drug-likeness (QED) is 0.0195. The third kappa shape index (κ3) is 53.8. The van der Waals surface area contributed by atoms with E-state index in [2.05, 4.69) is 135 Å². The summed E-state index contributed by atoms with van der Waals surface area (Å²) in [6.45, 7) is 3.97. The molecule has 0 heterocycles. The van der Waals surface area contributed by atoms with Crippen molar-refractivity contribution in [2.75, 3.05) is 47.5 Å². The largest absolute Gasteiger partial charge is 0.756 e. The van der Waals surface area contributed by atoms with Crippen molar-refractivity contribution in [1.82, 2.24) is 0 Å². The van der Waals surface area contributed by atoms with Gasteiger partial charge in [-0.1, -0.05) is 200 Å². The number of nitrogens with zero attached hydrogens (tertiary/aromatic N) is 1. The van der Waals surface area contributed by atoms with Crippen LogP contribution in [0.15, 0.2) is 122 Å². The first-order valence-electron chi connectivity index (χ1n) is 27.2. The fourth-order valence-electron chi connectivity index (χ4n) is 6.83. The smallest absolute Gasteiger partial charge is 0.306 e. The number of allylic oxidation sites excluding steroid dienone is 20. The molecule has 10 heteroatoms. The third-order valence-corrected chi connectivity index (χ3v) is 11.9. The Labute approximate surface area is 428 Å². The first-order valence-corrected chi connectivity index (χ1v) is 28.7. The van der Waals surface area contributed by atoms with Gasteiger partial charge in [0.2, 0.25) is 0 Å². The molecule has 0 amide bonds. The van der Waals surface area contributed by atoms with Gasteiger partial charge < -0.3 is 27.9 Å². The van der Waals surface area contributed by atoms with E-state index in [0.717, 1.165) is 122 Å². The molecule has 9 nitrogen and oxygen atoms in total. The average Bonchev–Trinajstić information content (AvgIpc) is 3.32. The van der Waals surface area contributed by atoms with Crippen molar-refractivity contribution in [2.45, 2.75) is 200 Å². The molecule has 0 bridgehead atoms. The lowest BCUT2D eigenvalue weighted by Crippen LogP contribution is -2.37. The minimum Gasteiger partial charge on any atom is -0.756 e. The van der Waals surface area contributed by atoms with E-state index in [4.69, 9.17) is 18.5 Å². The van der Waals surface area contributed by atoms with Gasteiger partial charge in [-0.05, 0) is 103 Å². The van der Waals surface area contributed by atoms with Gasteiger partial charge in [0.05, 0.1) is 27.7 Å². The molecule has 0 spiro atoms. The van der Waals surface area contributed by atoms with Crippen LogP contribution >= 0.6 is 7.82 Å². The van der Waals surface area contributed by atoms with Crippen molar-refractivity contribution in [3.05, 3.63) is 122 Å². The second kappa shape index (κ2) is 50.4. The van der Waals surface area contributed by atoms with E-state index in [-0.39, 0.29) is 26.1 Å².